The number of hydrogen-bond donors (Lipinski definition) is 1. The lowest BCUT2D eigenvalue weighted by Crippen LogP contribution is -2.51. The van der Waals surface area contributed by atoms with Crippen LogP contribution in [-0.4, -0.2) is 51.2 Å². The number of nitrogens with one attached hydrogen (secondary N) is 1. The average Bonchev–Trinajstić information content (AvgIpc) is 3.47. The van der Waals surface area contributed by atoms with Gasteiger partial charge in [-0.25, -0.2) is 0 Å². The summed E-state index contributed by atoms with van der Waals surface area (Å²) in [4.78, 5) is 39.1. The van der Waals surface area contributed by atoms with Gasteiger partial charge in [-0.2, -0.15) is 0 Å². The van der Waals surface area contributed by atoms with Crippen molar-refractivity contribution in [3.63, 3.8) is 0 Å². The fraction of sp³-hybridized carbons (Fsp3) is 0.190. The molecule has 0 radical (unpaired) electrons. The van der Waals surface area contributed by atoms with Crippen LogP contribution in [0.15, 0.2) is 48.8 Å². The predicted molar refractivity (Wildman–Crippen MR) is 120 cm³/mol. The summed E-state index contributed by atoms with van der Waals surface area (Å²) in [6, 6.07) is 11.5. The number of rotatable bonds is 4. The first kappa shape index (κ1) is 19.3. The van der Waals surface area contributed by atoms with Gasteiger partial charge in [0, 0.05) is 51.8 Å². The van der Waals surface area contributed by atoms with E-state index in [9.17, 15) is 9.59 Å². The maximum Gasteiger partial charge on any atom is 0.264 e. The van der Waals surface area contributed by atoms with E-state index in [1.54, 1.807) is 22.2 Å². The van der Waals surface area contributed by atoms with E-state index in [0.717, 1.165) is 30.7 Å². The van der Waals surface area contributed by atoms with Crippen molar-refractivity contribution >= 4 is 57.0 Å². The van der Waals surface area contributed by atoms with Crippen LogP contribution in [0, 0.1) is 0 Å². The van der Waals surface area contributed by atoms with E-state index in [1.165, 1.54) is 22.7 Å². The van der Waals surface area contributed by atoms with Crippen molar-refractivity contribution < 1.29 is 9.59 Å². The third-order valence-electron chi connectivity index (χ3n) is 5.08. The van der Waals surface area contributed by atoms with E-state index in [0.29, 0.717) is 24.5 Å². The minimum atomic E-state index is -0.0985. The van der Waals surface area contributed by atoms with Crippen LogP contribution < -0.4 is 0 Å². The number of nitrogens with zero attached hydrogens (tertiary/aromatic N) is 3. The number of pyridine rings is 1. The Balaban J connectivity index is 1.24. The number of halogens is 1. The first-order valence-electron chi connectivity index (χ1n) is 9.41. The largest absolute Gasteiger partial charge is 0.357 e. The summed E-state index contributed by atoms with van der Waals surface area (Å²) < 4.78 is 0.722. The Kier molecular flexibility index (Phi) is 5.06. The van der Waals surface area contributed by atoms with Gasteiger partial charge in [0.1, 0.15) is 6.54 Å². The topological polar surface area (TPSA) is 69.3 Å². The maximum absolute atomic E-state index is 12.9. The molecule has 0 aliphatic carbocycles. The molecule has 1 aliphatic rings. The van der Waals surface area contributed by atoms with Crippen molar-refractivity contribution in [1.29, 1.82) is 0 Å². The van der Waals surface area contributed by atoms with E-state index in [4.69, 9.17) is 11.6 Å². The van der Waals surface area contributed by atoms with Crippen molar-refractivity contribution in [3.05, 3.63) is 63.7 Å². The second kappa shape index (κ2) is 7.86. The number of thiophene rings is 2. The second-order valence-electron chi connectivity index (χ2n) is 7.07. The van der Waals surface area contributed by atoms with E-state index in [-0.39, 0.29) is 18.4 Å². The zero-order valence-electron chi connectivity index (χ0n) is 15.8. The summed E-state index contributed by atoms with van der Waals surface area (Å²) in [6.45, 7) is 1.62. The lowest BCUT2D eigenvalue weighted by molar-refractivity contribution is -0.135. The van der Waals surface area contributed by atoms with Gasteiger partial charge in [-0.1, -0.05) is 11.6 Å². The molecule has 1 aliphatic heterocycles. The highest BCUT2D eigenvalue weighted by atomic mass is 35.5. The van der Waals surface area contributed by atoms with Gasteiger partial charge in [-0.05, 0) is 36.4 Å². The van der Waals surface area contributed by atoms with Crippen molar-refractivity contribution in [2.45, 2.75) is 6.54 Å². The molecule has 0 unspecified atom stereocenters. The highest BCUT2D eigenvalue weighted by molar-refractivity contribution is 7.24. The number of carbonyl (C=O) groups excluding carboxylic acids is 2. The number of carbonyl (C=O) groups is 2. The quantitative estimate of drug-likeness (QED) is 0.492. The number of aromatic amines is 1. The molecule has 4 aromatic rings. The molecule has 0 saturated carbocycles. The molecule has 5 heterocycles. The highest BCUT2D eigenvalue weighted by Gasteiger charge is 2.28. The molecule has 9 heteroatoms. The first-order valence-corrected chi connectivity index (χ1v) is 11.4. The molecule has 6 nitrogen and oxygen atoms in total. The Morgan fingerprint density at radius 1 is 1.13 bits per heavy atom. The zero-order valence-corrected chi connectivity index (χ0v) is 18.2. The van der Waals surface area contributed by atoms with Crippen molar-refractivity contribution in [3.8, 4) is 9.75 Å². The molecule has 5 rings (SSSR count). The summed E-state index contributed by atoms with van der Waals surface area (Å²) in [5.74, 6) is -0.146. The lowest BCUT2D eigenvalue weighted by Gasteiger charge is -2.34. The minimum Gasteiger partial charge on any atom is -0.357 e. The van der Waals surface area contributed by atoms with E-state index >= 15 is 0 Å². The fourth-order valence-electron chi connectivity index (χ4n) is 3.56. The molecule has 0 bridgehead atoms. The fourth-order valence-corrected chi connectivity index (χ4v) is 5.67. The predicted octanol–water partition coefficient (Wildman–Crippen LogP) is 4.49. The Labute approximate surface area is 185 Å². The van der Waals surface area contributed by atoms with Gasteiger partial charge in [0.25, 0.3) is 5.91 Å². The Hall–Kier alpha value is -2.68. The summed E-state index contributed by atoms with van der Waals surface area (Å²) in [5.41, 5.74) is 1.96. The molecule has 2 amide bonds. The third-order valence-corrected chi connectivity index (χ3v) is 7.58. The van der Waals surface area contributed by atoms with Crippen LogP contribution in [0.5, 0.6) is 0 Å². The second-order valence-corrected chi connectivity index (χ2v) is 9.87. The van der Waals surface area contributed by atoms with Crippen LogP contribution in [0.2, 0.25) is 4.34 Å². The summed E-state index contributed by atoms with van der Waals surface area (Å²) in [7, 11) is 0. The first-order chi connectivity index (χ1) is 14.6. The minimum absolute atomic E-state index is 0.0480. The van der Waals surface area contributed by atoms with Gasteiger partial charge in [-0.3, -0.25) is 14.6 Å². The number of hydrogen-bond acceptors (Lipinski definition) is 5. The molecule has 0 atom stereocenters. The molecule has 1 N–H and O–H groups in total. The smallest absolute Gasteiger partial charge is 0.264 e. The van der Waals surface area contributed by atoms with E-state index in [2.05, 4.69) is 9.97 Å². The van der Waals surface area contributed by atoms with Crippen LogP contribution >= 0.6 is 34.3 Å². The Morgan fingerprint density at radius 2 is 1.97 bits per heavy atom. The summed E-state index contributed by atoms with van der Waals surface area (Å²) in [6.07, 6.45) is 3.54. The molecular weight excluding hydrogens is 440 g/mol. The van der Waals surface area contributed by atoms with Gasteiger partial charge < -0.3 is 14.8 Å². The van der Waals surface area contributed by atoms with Gasteiger partial charge in [-0.15, -0.1) is 22.7 Å². The molecule has 0 spiro atoms. The summed E-state index contributed by atoms with van der Waals surface area (Å²) >= 11 is 8.93. The van der Waals surface area contributed by atoms with Crippen LogP contribution in [0.25, 0.3) is 20.7 Å². The number of amides is 2. The zero-order chi connectivity index (χ0) is 20.7. The van der Waals surface area contributed by atoms with Crippen molar-refractivity contribution in [2.75, 3.05) is 19.6 Å². The SMILES string of the molecule is O=C1CN(C(=O)c2ccc(-c3ccc(Cl)s3)s2)CCN1Cc1cc2cnccc2[nH]1. The number of piperazine rings is 1. The molecular formula is C21H17ClN4O2S2. The van der Waals surface area contributed by atoms with Gasteiger partial charge in [0.15, 0.2) is 0 Å². The summed E-state index contributed by atoms with van der Waals surface area (Å²) in [5, 5.41) is 1.02. The number of fused-ring (bicyclic) bond motifs is 1. The molecule has 30 heavy (non-hydrogen) atoms. The molecule has 1 fully saturated rings. The van der Waals surface area contributed by atoms with Gasteiger partial charge in [0.05, 0.1) is 15.8 Å². The van der Waals surface area contributed by atoms with Crippen LogP contribution in [0.3, 0.4) is 0 Å². The van der Waals surface area contributed by atoms with Crippen LogP contribution in [0.1, 0.15) is 15.4 Å². The maximum atomic E-state index is 12.9. The average molecular weight is 457 g/mol. The third kappa shape index (κ3) is 3.74. The van der Waals surface area contributed by atoms with Gasteiger partial charge >= 0.3 is 0 Å². The van der Waals surface area contributed by atoms with E-state index in [1.807, 2.05) is 36.4 Å². The molecule has 4 aromatic heterocycles. The Bertz CT molecular complexity index is 1210. The molecule has 152 valence electrons. The standard InChI is InChI=1S/C21H17ClN4O2S2/c22-19-4-3-17(30-19)16-1-2-18(29-16)21(28)26-8-7-25(20(27)12-26)11-14-9-13-10-23-6-5-15(13)24-14/h1-6,9-10,24H,7-8,11-12H2. The Morgan fingerprint density at radius 3 is 2.73 bits per heavy atom. The molecule has 0 aromatic carbocycles. The molecule has 1 saturated heterocycles. The lowest BCUT2D eigenvalue weighted by atomic mass is 10.2. The number of H-pyrrole nitrogens is 1. The monoisotopic (exact) mass is 456 g/mol. The van der Waals surface area contributed by atoms with Crippen LogP contribution in [-0.2, 0) is 11.3 Å². The van der Waals surface area contributed by atoms with Crippen molar-refractivity contribution in [2.24, 2.45) is 0 Å². The highest BCUT2D eigenvalue weighted by Crippen LogP contribution is 2.35. The van der Waals surface area contributed by atoms with Gasteiger partial charge in [0.2, 0.25) is 5.91 Å². The number of aromatic nitrogens is 2. The van der Waals surface area contributed by atoms with Crippen LogP contribution in [0.4, 0.5) is 0 Å². The van der Waals surface area contributed by atoms with Crippen molar-refractivity contribution in [1.82, 2.24) is 19.8 Å². The van der Waals surface area contributed by atoms with E-state index < -0.39 is 0 Å². The normalized spacial score (nSPS) is 14.6.